The highest BCUT2D eigenvalue weighted by Gasteiger charge is 2.36. The summed E-state index contributed by atoms with van der Waals surface area (Å²) in [7, 11) is 0. The highest BCUT2D eigenvalue weighted by atomic mass is 35.5. The van der Waals surface area contributed by atoms with Crippen LogP contribution in [0.3, 0.4) is 0 Å². The monoisotopic (exact) mass is 346 g/mol. The van der Waals surface area contributed by atoms with E-state index in [2.05, 4.69) is 0 Å². The Balaban J connectivity index is 0.00000242. The molecule has 2 rings (SSSR count). The summed E-state index contributed by atoms with van der Waals surface area (Å²) in [6, 6.07) is 7.39. The van der Waals surface area contributed by atoms with E-state index in [0.29, 0.717) is 30.3 Å². The lowest BCUT2D eigenvalue weighted by Gasteiger charge is -2.28. The smallest absolute Gasteiger partial charge is 0.242 e. The number of carbonyl (C=O) groups is 1. The van der Waals surface area contributed by atoms with Crippen LogP contribution in [0.5, 0.6) is 5.75 Å². The van der Waals surface area contributed by atoms with Gasteiger partial charge in [0.2, 0.25) is 5.91 Å². The van der Waals surface area contributed by atoms with Gasteiger partial charge in [-0.3, -0.25) is 4.79 Å². The van der Waals surface area contributed by atoms with Crippen molar-refractivity contribution >= 4 is 29.9 Å². The first-order chi connectivity index (χ1) is 9.94. The number of amides is 1. The van der Waals surface area contributed by atoms with Crippen molar-refractivity contribution in [1.29, 1.82) is 0 Å². The molecule has 0 aromatic heterocycles. The van der Waals surface area contributed by atoms with Gasteiger partial charge >= 0.3 is 0 Å². The number of nitrogens with zero attached hydrogens (tertiary/aromatic N) is 1. The summed E-state index contributed by atoms with van der Waals surface area (Å²) in [6.07, 6.45) is 2.37. The number of hydrogen-bond acceptors (Lipinski definition) is 3. The molecular formula is C16H24Cl2N2O2. The van der Waals surface area contributed by atoms with Crippen LogP contribution in [0.2, 0.25) is 5.02 Å². The van der Waals surface area contributed by atoms with Crippen molar-refractivity contribution in [2.75, 3.05) is 13.1 Å². The van der Waals surface area contributed by atoms with Gasteiger partial charge in [0.1, 0.15) is 11.9 Å². The van der Waals surface area contributed by atoms with Gasteiger partial charge in [0, 0.05) is 13.0 Å². The van der Waals surface area contributed by atoms with Crippen molar-refractivity contribution < 1.29 is 9.53 Å². The second-order valence-corrected chi connectivity index (χ2v) is 6.28. The molecule has 1 saturated heterocycles. The number of para-hydroxylation sites is 1. The lowest BCUT2D eigenvalue weighted by molar-refractivity contribution is -0.135. The van der Waals surface area contributed by atoms with E-state index in [9.17, 15) is 4.79 Å². The molecule has 1 heterocycles. The van der Waals surface area contributed by atoms with E-state index < -0.39 is 5.54 Å². The summed E-state index contributed by atoms with van der Waals surface area (Å²) < 4.78 is 5.89. The van der Waals surface area contributed by atoms with Gasteiger partial charge in [-0.15, -0.1) is 12.4 Å². The first-order valence-electron chi connectivity index (χ1n) is 7.43. The van der Waals surface area contributed by atoms with Gasteiger partial charge < -0.3 is 15.4 Å². The molecule has 2 unspecified atom stereocenters. The van der Waals surface area contributed by atoms with Crippen LogP contribution in [0.25, 0.3) is 0 Å². The first-order valence-corrected chi connectivity index (χ1v) is 7.81. The average molecular weight is 347 g/mol. The second-order valence-electron chi connectivity index (χ2n) is 5.88. The molecule has 0 aliphatic carbocycles. The molecule has 1 amide bonds. The zero-order valence-electron chi connectivity index (χ0n) is 13.0. The Labute approximate surface area is 143 Å². The molecule has 1 aliphatic heterocycles. The Hall–Kier alpha value is -0.970. The number of hydrogen-bond donors (Lipinski definition) is 1. The van der Waals surface area contributed by atoms with Crippen LogP contribution >= 0.6 is 24.0 Å². The van der Waals surface area contributed by atoms with Crippen LogP contribution in [-0.2, 0) is 4.79 Å². The van der Waals surface area contributed by atoms with Gasteiger partial charge in [0.05, 0.1) is 17.1 Å². The molecule has 1 aliphatic rings. The van der Waals surface area contributed by atoms with E-state index >= 15 is 0 Å². The van der Waals surface area contributed by atoms with Crippen LogP contribution in [0.4, 0.5) is 0 Å². The van der Waals surface area contributed by atoms with Gasteiger partial charge in [-0.2, -0.15) is 0 Å². The largest absolute Gasteiger partial charge is 0.487 e. The number of benzene rings is 1. The van der Waals surface area contributed by atoms with Gasteiger partial charge in [-0.25, -0.2) is 0 Å². The third kappa shape index (κ3) is 4.51. The maximum Gasteiger partial charge on any atom is 0.242 e. The number of rotatable bonds is 5. The van der Waals surface area contributed by atoms with Crippen molar-refractivity contribution in [2.24, 2.45) is 5.73 Å². The van der Waals surface area contributed by atoms with Crippen molar-refractivity contribution in [3.63, 3.8) is 0 Å². The third-order valence-electron chi connectivity index (χ3n) is 3.82. The fourth-order valence-corrected chi connectivity index (χ4v) is 2.90. The van der Waals surface area contributed by atoms with Crippen molar-refractivity contribution in [2.45, 2.75) is 44.8 Å². The predicted octanol–water partition coefficient (Wildman–Crippen LogP) is 3.26. The standard InChI is InChI=1S/C16H23ClN2O2.ClH/c1-3-9-16(2,18)15(20)19-10-8-12(11-19)21-14-7-5-4-6-13(14)17;/h4-7,12H,3,8-11,18H2,1-2H3;1H. The summed E-state index contributed by atoms with van der Waals surface area (Å²) in [6.45, 7) is 5.10. The molecular weight excluding hydrogens is 323 g/mol. The maximum absolute atomic E-state index is 12.4. The molecule has 0 saturated carbocycles. The summed E-state index contributed by atoms with van der Waals surface area (Å²) >= 11 is 6.09. The minimum absolute atomic E-state index is 0. The van der Waals surface area contributed by atoms with Gasteiger partial charge in [0.15, 0.2) is 0 Å². The predicted molar refractivity (Wildman–Crippen MR) is 91.8 cm³/mol. The fraction of sp³-hybridized carbons (Fsp3) is 0.562. The topological polar surface area (TPSA) is 55.6 Å². The van der Waals surface area contributed by atoms with Gasteiger partial charge in [0.25, 0.3) is 0 Å². The van der Waals surface area contributed by atoms with Crippen molar-refractivity contribution in [3.8, 4) is 5.75 Å². The molecule has 1 fully saturated rings. The fourth-order valence-electron chi connectivity index (χ4n) is 2.72. The molecule has 2 atom stereocenters. The quantitative estimate of drug-likeness (QED) is 0.890. The molecule has 0 radical (unpaired) electrons. The Morgan fingerprint density at radius 1 is 1.50 bits per heavy atom. The van der Waals surface area contributed by atoms with Crippen LogP contribution in [0.15, 0.2) is 24.3 Å². The zero-order chi connectivity index (χ0) is 15.5. The lowest BCUT2D eigenvalue weighted by atomic mass is 9.96. The minimum Gasteiger partial charge on any atom is -0.487 e. The van der Waals surface area contributed by atoms with Crippen LogP contribution in [-0.4, -0.2) is 35.5 Å². The number of likely N-dealkylation sites (tertiary alicyclic amines) is 1. The van der Waals surface area contributed by atoms with Crippen molar-refractivity contribution in [3.05, 3.63) is 29.3 Å². The molecule has 1 aromatic carbocycles. The number of nitrogens with two attached hydrogens (primary N) is 1. The van der Waals surface area contributed by atoms with E-state index in [-0.39, 0.29) is 24.4 Å². The average Bonchev–Trinajstić information content (AvgIpc) is 2.89. The van der Waals surface area contributed by atoms with Gasteiger partial charge in [-0.05, 0) is 25.5 Å². The van der Waals surface area contributed by atoms with Crippen LogP contribution < -0.4 is 10.5 Å². The Morgan fingerprint density at radius 2 is 2.18 bits per heavy atom. The third-order valence-corrected chi connectivity index (χ3v) is 4.13. The van der Waals surface area contributed by atoms with E-state index in [1.165, 1.54) is 0 Å². The molecule has 6 heteroatoms. The summed E-state index contributed by atoms with van der Waals surface area (Å²) in [5, 5.41) is 0.594. The summed E-state index contributed by atoms with van der Waals surface area (Å²) in [5.41, 5.74) is 5.34. The second kappa shape index (κ2) is 8.04. The van der Waals surface area contributed by atoms with Gasteiger partial charge in [-0.1, -0.05) is 37.1 Å². The minimum atomic E-state index is -0.784. The molecule has 0 spiro atoms. The molecule has 4 nitrogen and oxygen atoms in total. The molecule has 0 bridgehead atoms. The van der Waals surface area contributed by atoms with E-state index in [1.807, 2.05) is 25.1 Å². The Morgan fingerprint density at radius 3 is 2.82 bits per heavy atom. The Kier molecular flexibility index (Phi) is 6.98. The van der Waals surface area contributed by atoms with E-state index in [4.69, 9.17) is 22.1 Å². The molecule has 22 heavy (non-hydrogen) atoms. The molecule has 1 aromatic rings. The number of carbonyl (C=O) groups excluding carboxylic acids is 1. The summed E-state index contributed by atoms with van der Waals surface area (Å²) in [4.78, 5) is 14.2. The SMILES string of the molecule is CCCC(C)(N)C(=O)N1CCC(Oc2ccccc2Cl)C1.Cl. The maximum atomic E-state index is 12.4. The van der Waals surface area contributed by atoms with E-state index in [1.54, 1.807) is 17.9 Å². The molecule has 2 N–H and O–H groups in total. The van der Waals surface area contributed by atoms with Crippen LogP contribution in [0, 0.1) is 0 Å². The number of halogens is 2. The first kappa shape index (κ1) is 19.1. The summed E-state index contributed by atoms with van der Waals surface area (Å²) in [5.74, 6) is 0.678. The lowest BCUT2D eigenvalue weighted by Crippen LogP contribution is -2.52. The normalized spacial score (nSPS) is 20.2. The Bertz CT molecular complexity index is 509. The highest BCUT2D eigenvalue weighted by Crippen LogP contribution is 2.27. The highest BCUT2D eigenvalue weighted by molar-refractivity contribution is 6.32. The zero-order valence-corrected chi connectivity index (χ0v) is 14.6. The molecule has 124 valence electrons. The van der Waals surface area contributed by atoms with Crippen molar-refractivity contribution in [1.82, 2.24) is 4.90 Å². The number of ether oxygens (including phenoxy) is 1. The van der Waals surface area contributed by atoms with Crippen LogP contribution in [0.1, 0.15) is 33.1 Å². The van der Waals surface area contributed by atoms with E-state index in [0.717, 1.165) is 12.8 Å².